The number of ether oxygens (including phenoxy) is 1. The molecule has 0 spiro atoms. The third-order valence-corrected chi connectivity index (χ3v) is 2.71. The van der Waals surface area contributed by atoms with Crippen molar-refractivity contribution in [2.24, 2.45) is 0 Å². The maximum atomic E-state index is 11.6. The summed E-state index contributed by atoms with van der Waals surface area (Å²) in [7, 11) is 0. The maximum absolute atomic E-state index is 11.6. The molecule has 100 valence electrons. The minimum absolute atomic E-state index is 0.210. The van der Waals surface area contributed by atoms with Gasteiger partial charge in [-0.1, -0.05) is 19.1 Å². The fraction of sp³-hybridized carbons (Fsp3) is 0.286. The lowest BCUT2D eigenvalue weighted by atomic mass is 10.2. The van der Waals surface area contributed by atoms with E-state index in [-0.39, 0.29) is 17.0 Å². The Hall–Kier alpha value is -2.30. The monoisotopic (exact) mass is 260 g/mol. The molecule has 0 aliphatic rings. The van der Waals surface area contributed by atoms with Crippen LogP contribution >= 0.6 is 0 Å². The van der Waals surface area contributed by atoms with Crippen LogP contribution in [0.4, 0.5) is 0 Å². The normalized spacial score (nSPS) is 10.4. The van der Waals surface area contributed by atoms with E-state index in [1.165, 1.54) is 6.92 Å². The Kier molecular flexibility index (Phi) is 3.85. The van der Waals surface area contributed by atoms with Gasteiger partial charge in [-0.3, -0.25) is 4.79 Å². The van der Waals surface area contributed by atoms with Crippen LogP contribution in [0.1, 0.15) is 18.9 Å². The first-order valence-corrected chi connectivity index (χ1v) is 6.15. The van der Waals surface area contributed by atoms with Crippen molar-refractivity contribution in [2.45, 2.75) is 20.3 Å². The van der Waals surface area contributed by atoms with Crippen LogP contribution in [0.3, 0.4) is 0 Å². The Labute approximate surface area is 110 Å². The summed E-state index contributed by atoms with van der Waals surface area (Å²) in [5.74, 6) is 0.788. The predicted molar refractivity (Wildman–Crippen MR) is 72.5 cm³/mol. The van der Waals surface area contributed by atoms with E-state index >= 15 is 0 Å². The van der Waals surface area contributed by atoms with Crippen molar-refractivity contribution in [2.75, 3.05) is 6.61 Å². The van der Waals surface area contributed by atoms with Crippen LogP contribution < -0.4 is 10.3 Å². The van der Waals surface area contributed by atoms with Gasteiger partial charge < -0.3 is 14.8 Å². The van der Waals surface area contributed by atoms with E-state index in [1.54, 1.807) is 12.1 Å². The van der Waals surface area contributed by atoms with Gasteiger partial charge in [0, 0.05) is 5.56 Å². The zero-order valence-electron chi connectivity index (χ0n) is 10.9. The fourth-order valence-electron chi connectivity index (χ4n) is 1.61. The van der Waals surface area contributed by atoms with Gasteiger partial charge in [0.05, 0.1) is 12.2 Å². The summed E-state index contributed by atoms with van der Waals surface area (Å²) in [6.07, 6.45) is 0.921. The molecule has 1 heterocycles. The van der Waals surface area contributed by atoms with E-state index in [0.717, 1.165) is 6.42 Å². The number of H-pyrrole nitrogens is 1. The highest BCUT2D eigenvalue weighted by Gasteiger charge is 2.08. The topological polar surface area (TPSA) is 75.2 Å². The summed E-state index contributed by atoms with van der Waals surface area (Å²) in [6, 6.07) is 7.23. The Morgan fingerprint density at radius 1 is 1.42 bits per heavy atom. The fourth-order valence-corrected chi connectivity index (χ4v) is 1.61. The molecule has 2 aromatic rings. The Morgan fingerprint density at radius 3 is 2.89 bits per heavy atom. The second kappa shape index (κ2) is 5.56. The van der Waals surface area contributed by atoms with Gasteiger partial charge in [0.1, 0.15) is 11.6 Å². The van der Waals surface area contributed by atoms with E-state index in [1.807, 2.05) is 19.1 Å². The second-order valence-corrected chi connectivity index (χ2v) is 4.24. The van der Waals surface area contributed by atoms with Crippen molar-refractivity contribution in [3.63, 3.8) is 0 Å². The van der Waals surface area contributed by atoms with Gasteiger partial charge >= 0.3 is 0 Å². The van der Waals surface area contributed by atoms with Crippen molar-refractivity contribution in [1.82, 2.24) is 9.97 Å². The van der Waals surface area contributed by atoms with Gasteiger partial charge in [-0.2, -0.15) is 4.98 Å². The zero-order chi connectivity index (χ0) is 13.8. The molecule has 0 aliphatic heterocycles. The highest BCUT2D eigenvalue weighted by Crippen LogP contribution is 2.22. The van der Waals surface area contributed by atoms with E-state index in [2.05, 4.69) is 9.97 Å². The standard InChI is InChI=1S/C14H16N2O3/c1-3-7-19-11-6-4-5-10(8-11)12-15-13(17)9(2)14(18)16-12/h4-6,8H,3,7H2,1-2H3,(H2,15,16,17,18). The van der Waals surface area contributed by atoms with Crippen LogP contribution in [0, 0.1) is 6.92 Å². The molecule has 0 fully saturated rings. The number of aromatic nitrogens is 2. The number of nitrogens with zero attached hydrogens (tertiary/aromatic N) is 1. The summed E-state index contributed by atoms with van der Waals surface area (Å²) >= 11 is 0. The quantitative estimate of drug-likeness (QED) is 0.884. The predicted octanol–water partition coefficient (Wildman–Crippen LogP) is 2.24. The van der Waals surface area contributed by atoms with Crippen LogP contribution in [0.15, 0.2) is 29.1 Å². The molecular weight excluding hydrogens is 244 g/mol. The lowest BCUT2D eigenvalue weighted by molar-refractivity contribution is 0.317. The lowest BCUT2D eigenvalue weighted by Crippen LogP contribution is -2.12. The van der Waals surface area contributed by atoms with Crippen molar-refractivity contribution in [1.29, 1.82) is 0 Å². The van der Waals surface area contributed by atoms with Crippen molar-refractivity contribution >= 4 is 0 Å². The van der Waals surface area contributed by atoms with Crippen molar-refractivity contribution in [3.05, 3.63) is 40.2 Å². The SMILES string of the molecule is CCCOc1cccc(-c2nc(O)c(C)c(=O)[nH]2)c1. The molecule has 0 unspecified atom stereocenters. The van der Waals surface area contributed by atoms with Gasteiger partial charge in [-0.05, 0) is 25.5 Å². The molecule has 5 heteroatoms. The van der Waals surface area contributed by atoms with Crippen LogP contribution in [0.5, 0.6) is 11.6 Å². The Morgan fingerprint density at radius 2 is 2.21 bits per heavy atom. The number of hydrogen-bond acceptors (Lipinski definition) is 4. The molecule has 0 bridgehead atoms. The summed E-state index contributed by atoms with van der Waals surface area (Å²) < 4.78 is 5.52. The van der Waals surface area contributed by atoms with Crippen LogP contribution in [0.25, 0.3) is 11.4 Å². The number of aromatic amines is 1. The molecule has 0 amide bonds. The third-order valence-electron chi connectivity index (χ3n) is 2.71. The van der Waals surface area contributed by atoms with Crippen LogP contribution in [0.2, 0.25) is 0 Å². The first kappa shape index (κ1) is 13.1. The van der Waals surface area contributed by atoms with E-state index < -0.39 is 0 Å². The third kappa shape index (κ3) is 2.93. The summed E-state index contributed by atoms with van der Waals surface area (Å²) in [5.41, 5.74) is 0.561. The highest BCUT2D eigenvalue weighted by molar-refractivity contribution is 5.58. The van der Waals surface area contributed by atoms with Gasteiger partial charge in [-0.15, -0.1) is 0 Å². The molecule has 5 nitrogen and oxygen atoms in total. The van der Waals surface area contributed by atoms with Crippen LogP contribution in [-0.4, -0.2) is 21.7 Å². The zero-order valence-corrected chi connectivity index (χ0v) is 10.9. The molecule has 2 N–H and O–H groups in total. The highest BCUT2D eigenvalue weighted by atomic mass is 16.5. The maximum Gasteiger partial charge on any atom is 0.257 e. The van der Waals surface area contributed by atoms with E-state index in [4.69, 9.17) is 4.74 Å². The Bertz CT molecular complexity index is 635. The summed E-state index contributed by atoms with van der Waals surface area (Å²) in [6.45, 7) is 4.18. The molecule has 0 saturated carbocycles. The average Bonchev–Trinajstić information content (AvgIpc) is 2.42. The minimum Gasteiger partial charge on any atom is -0.494 e. The minimum atomic E-state index is -0.345. The van der Waals surface area contributed by atoms with Gasteiger partial charge in [-0.25, -0.2) is 0 Å². The van der Waals surface area contributed by atoms with Crippen molar-refractivity contribution < 1.29 is 9.84 Å². The molecule has 0 aliphatic carbocycles. The number of nitrogens with one attached hydrogen (secondary N) is 1. The first-order chi connectivity index (χ1) is 9.11. The smallest absolute Gasteiger partial charge is 0.257 e. The number of rotatable bonds is 4. The molecule has 0 radical (unpaired) electrons. The molecule has 1 aromatic carbocycles. The number of aromatic hydroxyl groups is 1. The Balaban J connectivity index is 2.39. The first-order valence-electron chi connectivity index (χ1n) is 6.15. The van der Waals surface area contributed by atoms with Gasteiger partial charge in [0.2, 0.25) is 5.88 Å². The summed E-state index contributed by atoms with van der Waals surface area (Å²) in [5, 5.41) is 9.59. The molecule has 0 saturated heterocycles. The van der Waals surface area contributed by atoms with Crippen LogP contribution in [-0.2, 0) is 0 Å². The average molecular weight is 260 g/mol. The van der Waals surface area contributed by atoms with Gasteiger partial charge in [0.25, 0.3) is 5.56 Å². The van der Waals surface area contributed by atoms with Crippen molar-refractivity contribution in [3.8, 4) is 23.0 Å². The molecular formula is C14H16N2O3. The number of benzene rings is 1. The molecule has 1 aromatic heterocycles. The molecule has 0 atom stereocenters. The largest absolute Gasteiger partial charge is 0.494 e. The van der Waals surface area contributed by atoms with Gasteiger partial charge in [0.15, 0.2) is 0 Å². The lowest BCUT2D eigenvalue weighted by Gasteiger charge is -2.07. The molecule has 2 rings (SSSR count). The summed E-state index contributed by atoms with van der Waals surface area (Å²) in [4.78, 5) is 18.2. The van der Waals surface area contributed by atoms with E-state index in [9.17, 15) is 9.90 Å². The second-order valence-electron chi connectivity index (χ2n) is 4.24. The molecule has 19 heavy (non-hydrogen) atoms. The van der Waals surface area contributed by atoms with E-state index in [0.29, 0.717) is 23.7 Å². The number of hydrogen-bond donors (Lipinski definition) is 2.